The van der Waals surface area contributed by atoms with Gasteiger partial charge in [0.25, 0.3) is 11.8 Å². The van der Waals surface area contributed by atoms with Gasteiger partial charge in [0.2, 0.25) is 0 Å². The molecular formula is C31H29N3O5. The second kappa shape index (κ2) is 13.5. The van der Waals surface area contributed by atoms with Gasteiger partial charge in [-0.05, 0) is 59.7 Å². The fourth-order valence-corrected chi connectivity index (χ4v) is 3.74. The molecule has 0 aliphatic heterocycles. The molecule has 4 rings (SSSR count). The fraction of sp³-hybridized carbons (Fsp3) is 0.161. The number of esters is 1. The minimum absolute atomic E-state index is 0.268. The van der Waals surface area contributed by atoms with Gasteiger partial charge in [-0.2, -0.15) is 5.10 Å². The third kappa shape index (κ3) is 7.52. The van der Waals surface area contributed by atoms with Crippen LogP contribution in [0.5, 0.6) is 11.5 Å². The smallest absolute Gasteiger partial charge is 0.343 e. The maximum Gasteiger partial charge on any atom is 0.343 e. The lowest BCUT2D eigenvalue weighted by atomic mass is 10.0. The number of hydrogen-bond donors (Lipinski definition) is 2. The first kappa shape index (κ1) is 27.1. The number of nitrogens with one attached hydrogen (secondary N) is 2. The molecule has 0 spiro atoms. The van der Waals surface area contributed by atoms with Crippen LogP contribution in [0.1, 0.15) is 46.0 Å². The summed E-state index contributed by atoms with van der Waals surface area (Å²) in [6.07, 6.45) is 3.42. The van der Waals surface area contributed by atoms with Gasteiger partial charge in [0.1, 0.15) is 11.5 Å². The van der Waals surface area contributed by atoms with Gasteiger partial charge in [-0.1, -0.05) is 61.9 Å². The molecule has 0 aliphatic rings. The number of unbranched alkanes of at least 4 members (excludes halogenated alkanes) is 1. The van der Waals surface area contributed by atoms with E-state index < -0.39 is 17.8 Å². The Morgan fingerprint density at radius 2 is 1.59 bits per heavy atom. The van der Waals surface area contributed by atoms with Crippen LogP contribution >= 0.6 is 0 Å². The van der Waals surface area contributed by atoms with Crippen molar-refractivity contribution in [2.24, 2.45) is 5.10 Å². The van der Waals surface area contributed by atoms with Crippen molar-refractivity contribution in [3.63, 3.8) is 0 Å². The lowest BCUT2D eigenvalue weighted by molar-refractivity contribution is -0.120. The molecule has 2 N–H and O–H groups in total. The number of rotatable bonds is 11. The zero-order valence-corrected chi connectivity index (χ0v) is 21.6. The predicted molar refractivity (Wildman–Crippen MR) is 150 cm³/mol. The lowest BCUT2D eigenvalue weighted by Crippen LogP contribution is -2.34. The molecule has 0 unspecified atom stereocenters. The topological polar surface area (TPSA) is 106 Å². The predicted octanol–water partition coefficient (Wildman–Crippen LogP) is 5.12. The highest BCUT2D eigenvalue weighted by Crippen LogP contribution is 2.27. The van der Waals surface area contributed by atoms with Crippen LogP contribution in [0.25, 0.3) is 10.8 Å². The van der Waals surface area contributed by atoms with E-state index in [0.29, 0.717) is 34.8 Å². The SMILES string of the molecule is CCCCOc1ccc(C(=O)NCC(=O)N/N=C/c2c(OC(=O)c3ccccc3)ccc3ccccc23)cc1. The van der Waals surface area contributed by atoms with Gasteiger partial charge in [0.15, 0.2) is 0 Å². The third-order valence-corrected chi connectivity index (χ3v) is 5.82. The quantitative estimate of drug-likeness (QED) is 0.0934. The zero-order valence-electron chi connectivity index (χ0n) is 21.6. The fourth-order valence-electron chi connectivity index (χ4n) is 3.74. The molecular weight excluding hydrogens is 494 g/mol. The minimum atomic E-state index is -0.512. The Kier molecular flexibility index (Phi) is 9.39. The second-order valence-corrected chi connectivity index (χ2v) is 8.66. The summed E-state index contributed by atoms with van der Waals surface area (Å²) in [5, 5.41) is 8.33. The molecule has 8 nitrogen and oxygen atoms in total. The Morgan fingerprint density at radius 1 is 0.846 bits per heavy atom. The molecule has 8 heteroatoms. The standard InChI is InChI=1S/C31H29N3O5/c1-2-3-19-38-25-16-13-23(14-17-25)30(36)32-21-29(35)34-33-20-27-26-12-8-7-9-22(26)15-18-28(27)39-31(37)24-10-5-4-6-11-24/h4-18,20H,2-3,19,21H2,1H3,(H,32,36)(H,34,35)/b33-20+. The molecule has 198 valence electrons. The lowest BCUT2D eigenvalue weighted by Gasteiger charge is -2.10. The minimum Gasteiger partial charge on any atom is -0.494 e. The van der Waals surface area contributed by atoms with Crippen molar-refractivity contribution >= 4 is 34.8 Å². The molecule has 4 aromatic rings. The maximum absolute atomic E-state index is 12.6. The number of ether oxygens (including phenoxy) is 2. The van der Waals surface area contributed by atoms with Crippen LogP contribution in [0.15, 0.2) is 96.1 Å². The van der Waals surface area contributed by atoms with E-state index in [2.05, 4.69) is 22.8 Å². The summed E-state index contributed by atoms with van der Waals surface area (Å²) in [6.45, 7) is 2.44. The van der Waals surface area contributed by atoms with Gasteiger partial charge in [0, 0.05) is 11.1 Å². The molecule has 4 aromatic carbocycles. The van der Waals surface area contributed by atoms with Crippen LogP contribution in [0.4, 0.5) is 0 Å². The van der Waals surface area contributed by atoms with Crippen molar-refractivity contribution in [3.8, 4) is 11.5 Å². The zero-order chi connectivity index (χ0) is 27.5. The van der Waals surface area contributed by atoms with Crippen molar-refractivity contribution in [2.75, 3.05) is 13.2 Å². The highest BCUT2D eigenvalue weighted by Gasteiger charge is 2.14. The van der Waals surface area contributed by atoms with Gasteiger partial charge in [-0.3, -0.25) is 9.59 Å². The Bertz CT molecular complexity index is 1470. The molecule has 0 saturated heterocycles. The largest absolute Gasteiger partial charge is 0.494 e. The van der Waals surface area contributed by atoms with Crippen LogP contribution in [-0.4, -0.2) is 37.1 Å². The number of carbonyl (C=O) groups is 3. The summed E-state index contributed by atoms with van der Waals surface area (Å²) < 4.78 is 11.3. The van der Waals surface area contributed by atoms with Gasteiger partial charge >= 0.3 is 5.97 Å². The Hall–Kier alpha value is -4.98. The first-order valence-electron chi connectivity index (χ1n) is 12.7. The van der Waals surface area contributed by atoms with E-state index in [1.807, 2.05) is 36.4 Å². The van der Waals surface area contributed by atoms with E-state index in [9.17, 15) is 14.4 Å². The maximum atomic E-state index is 12.6. The van der Waals surface area contributed by atoms with Gasteiger partial charge in [0.05, 0.1) is 24.9 Å². The van der Waals surface area contributed by atoms with Crippen LogP contribution in [0, 0.1) is 0 Å². The third-order valence-electron chi connectivity index (χ3n) is 5.82. The summed E-state index contributed by atoms with van der Waals surface area (Å²) >= 11 is 0. The van der Waals surface area contributed by atoms with E-state index in [4.69, 9.17) is 9.47 Å². The summed E-state index contributed by atoms with van der Waals surface area (Å²) in [6, 6.07) is 26.5. The van der Waals surface area contributed by atoms with E-state index in [-0.39, 0.29) is 6.54 Å². The number of hydrazone groups is 1. The average molecular weight is 524 g/mol. The number of amides is 2. The number of nitrogens with zero attached hydrogens (tertiary/aromatic N) is 1. The van der Waals surface area contributed by atoms with Gasteiger partial charge in [-0.25, -0.2) is 10.2 Å². The van der Waals surface area contributed by atoms with Crippen LogP contribution in [0.3, 0.4) is 0 Å². The Balaban J connectivity index is 1.38. The average Bonchev–Trinajstić information content (AvgIpc) is 2.97. The Morgan fingerprint density at radius 3 is 2.36 bits per heavy atom. The monoisotopic (exact) mass is 523 g/mol. The second-order valence-electron chi connectivity index (χ2n) is 8.66. The molecule has 0 bridgehead atoms. The van der Waals surface area contributed by atoms with Crippen molar-refractivity contribution in [3.05, 3.63) is 108 Å². The van der Waals surface area contributed by atoms with E-state index in [0.717, 1.165) is 23.6 Å². The van der Waals surface area contributed by atoms with Gasteiger partial charge < -0.3 is 14.8 Å². The molecule has 0 saturated carbocycles. The van der Waals surface area contributed by atoms with E-state index in [1.54, 1.807) is 54.6 Å². The van der Waals surface area contributed by atoms with Crippen LogP contribution in [-0.2, 0) is 4.79 Å². The molecule has 0 heterocycles. The summed E-state index contributed by atoms with van der Waals surface area (Å²) in [5.74, 6) is -0.418. The molecule has 0 aromatic heterocycles. The Labute approximate surface area is 226 Å². The highest BCUT2D eigenvalue weighted by molar-refractivity contribution is 6.04. The summed E-state index contributed by atoms with van der Waals surface area (Å²) in [5.41, 5.74) is 3.76. The first-order valence-corrected chi connectivity index (χ1v) is 12.7. The first-order chi connectivity index (χ1) is 19.0. The van der Waals surface area contributed by atoms with E-state index >= 15 is 0 Å². The summed E-state index contributed by atoms with van der Waals surface area (Å²) in [4.78, 5) is 37.4. The van der Waals surface area contributed by atoms with Crippen molar-refractivity contribution in [1.82, 2.24) is 10.7 Å². The van der Waals surface area contributed by atoms with Crippen LogP contribution < -0.4 is 20.2 Å². The normalized spacial score (nSPS) is 10.8. The van der Waals surface area contributed by atoms with E-state index in [1.165, 1.54) is 6.21 Å². The number of benzene rings is 4. The number of hydrogen-bond acceptors (Lipinski definition) is 6. The molecule has 0 aliphatic carbocycles. The van der Waals surface area contributed by atoms with Gasteiger partial charge in [-0.15, -0.1) is 0 Å². The number of fused-ring (bicyclic) bond motifs is 1. The van der Waals surface area contributed by atoms with Crippen molar-refractivity contribution < 1.29 is 23.9 Å². The molecule has 0 atom stereocenters. The molecule has 0 fully saturated rings. The molecule has 2 amide bonds. The molecule has 39 heavy (non-hydrogen) atoms. The molecule has 0 radical (unpaired) electrons. The van der Waals surface area contributed by atoms with Crippen molar-refractivity contribution in [1.29, 1.82) is 0 Å². The number of carbonyl (C=O) groups excluding carboxylic acids is 3. The summed E-state index contributed by atoms with van der Waals surface area (Å²) in [7, 11) is 0. The van der Waals surface area contributed by atoms with Crippen molar-refractivity contribution in [2.45, 2.75) is 19.8 Å². The highest BCUT2D eigenvalue weighted by atomic mass is 16.5. The van der Waals surface area contributed by atoms with Crippen LogP contribution in [0.2, 0.25) is 0 Å².